The zero-order chi connectivity index (χ0) is 22.7. The summed E-state index contributed by atoms with van der Waals surface area (Å²) in [6.45, 7) is 0.482. The molecule has 1 aliphatic heterocycles. The Labute approximate surface area is 182 Å². The number of para-hydroxylation sites is 1. The quantitative estimate of drug-likeness (QED) is 0.511. The predicted molar refractivity (Wildman–Crippen MR) is 112 cm³/mol. The van der Waals surface area contributed by atoms with Crippen LogP contribution >= 0.6 is 0 Å². The number of nitrogens with zero attached hydrogens (tertiary/aromatic N) is 2. The number of anilines is 1. The van der Waals surface area contributed by atoms with Crippen molar-refractivity contribution in [1.29, 1.82) is 0 Å². The van der Waals surface area contributed by atoms with Crippen molar-refractivity contribution in [3.8, 4) is 0 Å². The SMILES string of the molecule is O=C(C(Nc1ccccc1F)c1ccc(C(F)(F)F)cc1)N1CCCC1c1ccccn1. The lowest BCUT2D eigenvalue weighted by Gasteiger charge is -2.30. The van der Waals surface area contributed by atoms with Crippen LogP contribution in [0, 0.1) is 5.82 Å². The molecule has 2 unspecified atom stereocenters. The number of pyridine rings is 1. The first-order valence-corrected chi connectivity index (χ1v) is 10.2. The summed E-state index contributed by atoms with van der Waals surface area (Å²) in [4.78, 5) is 19.6. The number of halogens is 4. The first-order chi connectivity index (χ1) is 15.3. The Kier molecular flexibility index (Phi) is 6.12. The molecule has 0 saturated carbocycles. The van der Waals surface area contributed by atoms with E-state index in [4.69, 9.17) is 0 Å². The molecule has 2 atom stereocenters. The van der Waals surface area contributed by atoms with E-state index >= 15 is 0 Å². The molecular formula is C24H21F4N3O. The van der Waals surface area contributed by atoms with Crippen molar-refractivity contribution in [2.24, 2.45) is 0 Å². The highest BCUT2D eigenvalue weighted by Crippen LogP contribution is 2.35. The Morgan fingerprint density at radius 2 is 1.75 bits per heavy atom. The lowest BCUT2D eigenvalue weighted by atomic mass is 10.0. The van der Waals surface area contributed by atoms with Gasteiger partial charge in [0.05, 0.1) is 23.0 Å². The molecule has 1 aliphatic rings. The molecule has 0 spiro atoms. The van der Waals surface area contributed by atoms with E-state index in [-0.39, 0.29) is 17.6 Å². The van der Waals surface area contributed by atoms with Gasteiger partial charge in [-0.05, 0) is 54.8 Å². The van der Waals surface area contributed by atoms with Gasteiger partial charge in [0.15, 0.2) is 0 Å². The van der Waals surface area contributed by atoms with Crippen LogP contribution in [0.2, 0.25) is 0 Å². The monoisotopic (exact) mass is 443 g/mol. The van der Waals surface area contributed by atoms with E-state index in [1.807, 2.05) is 12.1 Å². The molecule has 0 radical (unpaired) electrons. The highest BCUT2D eigenvalue weighted by Gasteiger charge is 2.36. The van der Waals surface area contributed by atoms with Crippen LogP contribution in [0.4, 0.5) is 23.2 Å². The fourth-order valence-electron chi connectivity index (χ4n) is 3.96. The molecule has 0 bridgehead atoms. The number of carbonyl (C=O) groups is 1. The largest absolute Gasteiger partial charge is 0.416 e. The average molecular weight is 443 g/mol. The van der Waals surface area contributed by atoms with Crippen LogP contribution in [-0.2, 0) is 11.0 Å². The molecule has 4 nitrogen and oxygen atoms in total. The van der Waals surface area contributed by atoms with Gasteiger partial charge in [-0.1, -0.05) is 30.3 Å². The van der Waals surface area contributed by atoms with E-state index in [9.17, 15) is 22.4 Å². The van der Waals surface area contributed by atoms with Crippen molar-refractivity contribution < 1.29 is 22.4 Å². The summed E-state index contributed by atoms with van der Waals surface area (Å²) in [6, 6.07) is 14.4. The summed E-state index contributed by atoms with van der Waals surface area (Å²) in [6.07, 6.45) is -1.34. The van der Waals surface area contributed by atoms with Crippen molar-refractivity contribution in [3.63, 3.8) is 0 Å². The van der Waals surface area contributed by atoms with Crippen LogP contribution in [0.1, 0.15) is 41.7 Å². The van der Waals surface area contributed by atoms with E-state index in [1.165, 1.54) is 30.3 Å². The zero-order valence-corrected chi connectivity index (χ0v) is 17.0. The number of alkyl halides is 3. The predicted octanol–water partition coefficient (Wildman–Crippen LogP) is 5.76. The van der Waals surface area contributed by atoms with Crippen LogP contribution in [0.3, 0.4) is 0 Å². The number of carbonyl (C=O) groups excluding carboxylic acids is 1. The Morgan fingerprint density at radius 3 is 2.41 bits per heavy atom. The van der Waals surface area contributed by atoms with Crippen LogP contribution in [0.25, 0.3) is 0 Å². The van der Waals surface area contributed by atoms with E-state index in [2.05, 4.69) is 10.3 Å². The van der Waals surface area contributed by atoms with Gasteiger partial charge in [-0.15, -0.1) is 0 Å². The number of aromatic nitrogens is 1. The second-order valence-electron chi connectivity index (χ2n) is 7.62. The molecule has 2 aromatic carbocycles. The minimum Gasteiger partial charge on any atom is -0.368 e. The van der Waals surface area contributed by atoms with Gasteiger partial charge in [0.1, 0.15) is 11.9 Å². The van der Waals surface area contributed by atoms with Gasteiger partial charge in [-0.25, -0.2) is 4.39 Å². The smallest absolute Gasteiger partial charge is 0.368 e. The molecule has 3 aromatic rings. The van der Waals surface area contributed by atoms with E-state index < -0.39 is 23.6 Å². The zero-order valence-electron chi connectivity index (χ0n) is 17.0. The van der Waals surface area contributed by atoms with E-state index in [1.54, 1.807) is 23.2 Å². The number of nitrogens with one attached hydrogen (secondary N) is 1. The van der Waals surface area contributed by atoms with Gasteiger partial charge in [0.2, 0.25) is 5.91 Å². The second kappa shape index (κ2) is 8.98. The summed E-state index contributed by atoms with van der Waals surface area (Å²) >= 11 is 0. The fourth-order valence-corrected chi connectivity index (χ4v) is 3.96. The second-order valence-corrected chi connectivity index (χ2v) is 7.62. The number of rotatable bonds is 5. The molecule has 1 N–H and O–H groups in total. The molecule has 1 saturated heterocycles. The summed E-state index contributed by atoms with van der Waals surface area (Å²) in [7, 11) is 0. The highest BCUT2D eigenvalue weighted by atomic mass is 19.4. The molecule has 1 amide bonds. The molecule has 1 fully saturated rings. The first-order valence-electron chi connectivity index (χ1n) is 10.2. The molecule has 0 aliphatic carbocycles. The maximum Gasteiger partial charge on any atom is 0.416 e. The van der Waals surface area contributed by atoms with Crippen molar-refractivity contribution in [2.75, 3.05) is 11.9 Å². The molecular weight excluding hydrogens is 422 g/mol. The number of hydrogen-bond donors (Lipinski definition) is 1. The third kappa shape index (κ3) is 4.59. The van der Waals surface area contributed by atoms with Gasteiger partial charge in [-0.2, -0.15) is 13.2 Å². The molecule has 32 heavy (non-hydrogen) atoms. The number of likely N-dealkylation sites (tertiary alicyclic amines) is 1. The summed E-state index contributed by atoms with van der Waals surface area (Å²) in [5, 5.41) is 2.90. The lowest BCUT2D eigenvalue weighted by Crippen LogP contribution is -2.38. The number of benzene rings is 2. The minimum atomic E-state index is -4.49. The third-order valence-corrected chi connectivity index (χ3v) is 5.56. The van der Waals surface area contributed by atoms with Crippen molar-refractivity contribution >= 4 is 11.6 Å². The van der Waals surface area contributed by atoms with Gasteiger partial charge < -0.3 is 10.2 Å². The summed E-state index contributed by atoms with van der Waals surface area (Å²) in [5.74, 6) is -0.902. The summed E-state index contributed by atoms with van der Waals surface area (Å²) < 4.78 is 53.4. The Bertz CT molecular complexity index is 1070. The van der Waals surface area contributed by atoms with Crippen LogP contribution in [0.5, 0.6) is 0 Å². The maximum absolute atomic E-state index is 14.3. The maximum atomic E-state index is 14.3. The van der Waals surface area contributed by atoms with Crippen molar-refractivity contribution in [2.45, 2.75) is 31.1 Å². The lowest BCUT2D eigenvalue weighted by molar-refractivity contribution is -0.137. The molecule has 2 heterocycles. The first kappa shape index (κ1) is 21.8. The number of amides is 1. The molecule has 1 aromatic heterocycles. The normalized spacial score (nSPS) is 17.2. The van der Waals surface area contributed by atoms with Gasteiger partial charge in [0.25, 0.3) is 0 Å². The van der Waals surface area contributed by atoms with Crippen molar-refractivity contribution in [1.82, 2.24) is 9.88 Å². The third-order valence-electron chi connectivity index (χ3n) is 5.56. The molecule has 8 heteroatoms. The standard InChI is InChI=1S/C24H21F4N3O/c25-18-6-1-2-7-19(18)30-22(16-10-12-17(13-11-16)24(26,27)28)23(32)31-15-5-9-21(31)20-8-3-4-14-29-20/h1-4,6-8,10-14,21-22,30H,5,9,15H2. The molecule has 4 rings (SSSR count). The van der Waals surface area contributed by atoms with Gasteiger partial charge in [0, 0.05) is 12.7 Å². The number of hydrogen-bond acceptors (Lipinski definition) is 3. The Balaban J connectivity index is 1.68. The van der Waals surface area contributed by atoms with Crippen molar-refractivity contribution in [3.05, 3.63) is 95.6 Å². The van der Waals surface area contributed by atoms with Gasteiger partial charge in [-0.3, -0.25) is 9.78 Å². The summed E-state index contributed by atoms with van der Waals surface area (Å²) in [5.41, 5.74) is 0.346. The van der Waals surface area contributed by atoms with Crippen LogP contribution in [0.15, 0.2) is 72.9 Å². The van der Waals surface area contributed by atoms with Gasteiger partial charge >= 0.3 is 6.18 Å². The molecule has 166 valence electrons. The fraction of sp³-hybridized carbons (Fsp3) is 0.250. The van der Waals surface area contributed by atoms with E-state index in [0.717, 1.165) is 30.7 Å². The topological polar surface area (TPSA) is 45.2 Å². The highest BCUT2D eigenvalue weighted by molar-refractivity contribution is 5.86. The Morgan fingerprint density at radius 1 is 1.03 bits per heavy atom. The Hall–Kier alpha value is -3.42. The van der Waals surface area contributed by atoms with Crippen LogP contribution in [-0.4, -0.2) is 22.3 Å². The minimum absolute atomic E-state index is 0.0966. The van der Waals surface area contributed by atoms with Crippen LogP contribution < -0.4 is 5.32 Å². The van der Waals surface area contributed by atoms with E-state index in [0.29, 0.717) is 12.1 Å². The average Bonchev–Trinajstić information content (AvgIpc) is 3.28.